The van der Waals surface area contributed by atoms with E-state index in [1.165, 1.54) is 0 Å². The van der Waals surface area contributed by atoms with Crippen molar-refractivity contribution in [1.29, 1.82) is 0 Å². The molecule has 1 N–H and O–H groups in total. The Morgan fingerprint density at radius 1 is 1.48 bits per heavy atom. The number of sulfone groups is 1. The zero-order chi connectivity index (χ0) is 15.7. The molecule has 0 amide bonds. The predicted molar refractivity (Wildman–Crippen MR) is 78.9 cm³/mol. The van der Waals surface area contributed by atoms with Gasteiger partial charge in [-0.2, -0.15) is 5.10 Å². The smallest absolute Gasteiger partial charge is 0.311 e. The fourth-order valence-electron chi connectivity index (χ4n) is 2.98. The molecule has 0 spiro atoms. The zero-order valence-electron chi connectivity index (χ0n) is 12.4. The highest BCUT2D eigenvalue weighted by atomic mass is 32.2. The van der Waals surface area contributed by atoms with Crippen LogP contribution in [-0.2, 0) is 21.1 Å². The average molecular weight is 314 g/mol. The Labute approximate surface area is 125 Å². The van der Waals surface area contributed by atoms with Crippen LogP contribution in [0.5, 0.6) is 0 Å². The van der Waals surface area contributed by atoms with Crippen molar-refractivity contribution < 1.29 is 18.3 Å². The van der Waals surface area contributed by atoms with Gasteiger partial charge in [-0.1, -0.05) is 13.8 Å². The van der Waals surface area contributed by atoms with Crippen molar-refractivity contribution in [3.05, 3.63) is 18.0 Å². The summed E-state index contributed by atoms with van der Waals surface area (Å²) in [5, 5.41) is 13.9. The number of carboxylic acid groups (broad SMARTS) is 1. The van der Waals surface area contributed by atoms with Crippen molar-refractivity contribution in [2.75, 3.05) is 11.5 Å². The lowest BCUT2D eigenvalue weighted by atomic mass is 9.83. The van der Waals surface area contributed by atoms with Gasteiger partial charge in [-0.15, -0.1) is 0 Å². The number of carboxylic acids is 1. The molecular weight excluding hydrogens is 292 g/mol. The van der Waals surface area contributed by atoms with Gasteiger partial charge in [0.1, 0.15) is 0 Å². The maximum Gasteiger partial charge on any atom is 0.311 e. The van der Waals surface area contributed by atoms with E-state index >= 15 is 0 Å². The number of rotatable bonds is 6. The van der Waals surface area contributed by atoms with E-state index in [0.29, 0.717) is 11.7 Å². The molecule has 1 fully saturated rings. The molecule has 0 radical (unpaired) electrons. The molecule has 1 aliphatic rings. The van der Waals surface area contributed by atoms with Crippen LogP contribution in [0.2, 0.25) is 0 Å². The molecule has 1 aromatic rings. The number of carbonyl (C=O) groups is 1. The number of hydrogen-bond donors (Lipinski definition) is 1. The third-order valence-electron chi connectivity index (χ3n) is 4.34. The minimum atomic E-state index is -3.25. The van der Waals surface area contributed by atoms with E-state index in [1.807, 2.05) is 10.9 Å². The number of aromatic nitrogens is 2. The van der Waals surface area contributed by atoms with E-state index < -0.39 is 21.2 Å². The maximum atomic E-state index is 11.7. The second kappa shape index (κ2) is 5.79. The minimum Gasteiger partial charge on any atom is -0.481 e. The molecule has 0 saturated carbocycles. The van der Waals surface area contributed by atoms with Gasteiger partial charge in [-0.05, 0) is 25.3 Å². The van der Waals surface area contributed by atoms with E-state index in [1.54, 1.807) is 6.07 Å². The number of aliphatic carboxylic acids is 1. The minimum absolute atomic E-state index is 0.0491. The molecule has 2 heterocycles. The van der Waals surface area contributed by atoms with E-state index in [0.717, 1.165) is 12.8 Å². The molecule has 0 bridgehead atoms. The Balaban J connectivity index is 2.21. The van der Waals surface area contributed by atoms with Crippen LogP contribution < -0.4 is 0 Å². The number of hydrogen-bond acceptors (Lipinski definition) is 4. The third kappa shape index (κ3) is 3.28. The van der Waals surface area contributed by atoms with Gasteiger partial charge >= 0.3 is 5.97 Å². The first kappa shape index (κ1) is 16.0. The van der Waals surface area contributed by atoms with E-state index in [2.05, 4.69) is 18.9 Å². The van der Waals surface area contributed by atoms with Gasteiger partial charge in [-0.3, -0.25) is 9.48 Å². The lowest BCUT2D eigenvalue weighted by Gasteiger charge is -2.21. The van der Waals surface area contributed by atoms with Crippen LogP contribution in [0.3, 0.4) is 0 Å². The highest BCUT2D eigenvalue weighted by Gasteiger charge is 2.48. The van der Waals surface area contributed by atoms with Crippen LogP contribution >= 0.6 is 0 Å². The molecule has 1 saturated heterocycles. The highest BCUT2D eigenvalue weighted by Crippen LogP contribution is 2.36. The van der Waals surface area contributed by atoms with Crippen LogP contribution in [0, 0.1) is 5.41 Å². The lowest BCUT2D eigenvalue weighted by molar-refractivity contribution is -0.147. The second-order valence-electron chi connectivity index (χ2n) is 5.86. The molecule has 0 aromatic carbocycles. The molecule has 118 valence electrons. The van der Waals surface area contributed by atoms with Gasteiger partial charge in [0.25, 0.3) is 0 Å². The van der Waals surface area contributed by atoms with Gasteiger partial charge in [0, 0.05) is 12.6 Å². The first-order valence-corrected chi connectivity index (χ1v) is 9.12. The van der Waals surface area contributed by atoms with Crippen molar-refractivity contribution in [3.63, 3.8) is 0 Å². The SMILES string of the molecule is CCC(CC)n1ccc(CC2(C(=O)O)CCS(=O)(=O)C2)n1. The summed E-state index contributed by atoms with van der Waals surface area (Å²) in [4.78, 5) is 11.6. The molecule has 2 rings (SSSR count). The molecule has 21 heavy (non-hydrogen) atoms. The summed E-state index contributed by atoms with van der Waals surface area (Å²) in [6, 6.07) is 2.10. The fraction of sp³-hybridized carbons (Fsp3) is 0.714. The molecule has 6 nitrogen and oxygen atoms in total. The van der Waals surface area contributed by atoms with Crippen molar-refractivity contribution in [1.82, 2.24) is 9.78 Å². The van der Waals surface area contributed by atoms with Crippen LogP contribution in [0.25, 0.3) is 0 Å². The van der Waals surface area contributed by atoms with Crippen LogP contribution in [0.4, 0.5) is 0 Å². The Hall–Kier alpha value is -1.37. The standard InChI is InChI=1S/C14H22N2O4S/c1-3-12(4-2)16-7-5-11(15-16)9-14(13(17)18)6-8-21(19,20)10-14/h5,7,12H,3-4,6,8-10H2,1-2H3,(H,17,18). The first-order chi connectivity index (χ1) is 9.82. The third-order valence-corrected chi connectivity index (χ3v) is 6.16. The summed E-state index contributed by atoms with van der Waals surface area (Å²) in [6.07, 6.45) is 4.11. The largest absolute Gasteiger partial charge is 0.481 e. The van der Waals surface area contributed by atoms with Crippen LogP contribution in [-0.4, -0.2) is 40.8 Å². The Kier molecular flexibility index (Phi) is 4.41. The van der Waals surface area contributed by atoms with Gasteiger partial charge in [0.15, 0.2) is 9.84 Å². The molecule has 1 unspecified atom stereocenters. The van der Waals surface area contributed by atoms with E-state index in [4.69, 9.17) is 0 Å². The van der Waals surface area contributed by atoms with E-state index in [9.17, 15) is 18.3 Å². The fourth-order valence-corrected chi connectivity index (χ4v) is 5.04. The number of nitrogens with zero attached hydrogens (tertiary/aromatic N) is 2. The summed E-state index contributed by atoms with van der Waals surface area (Å²) >= 11 is 0. The quantitative estimate of drug-likeness (QED) is 0.863. The zero-order valence-corrected chi connectivity index (χ0v) is 13.3. The Morgan fingerprint density at radius 2 is 2.14 bits per heavy atom. The Morgan fingerprint density at radius 3 is 2.62 bits per heavy atom. The van der Waals surface area contributed by atoms with Gasteiger partial charge in [-0.25, -0.2) is 8.42 Å². The Bertz CT molecular complexity index is 619. The molecule has 1 atom stereocenters. The molecule has 1 aromatic heterocycles. The molecule has 7 heteroatoms. The van der Waals surface area contributed by atoms with Crippen molar-refractivity contribution in [2.24, 2.45) is 5.41 Å². The second-order valence-corrected chi connectivity index (χ2v) is 8.05. The van der Waals surface area contributed by atoms with Gasteiger partial charge < -0.3 is 5.11 Å². The van der Waals surface area contributed by atoms with Gasteiger partial charge in [0.05, 0.1) is 28.7 Å². The summed E-state index contributed by atoms with van der Waals surface area (Å²) in [5.41, 5.74) is -0.562. The molecule has 1 aliphatic heterocycles. The van der Waals surface area contributed by atoms with Crippen LogP contribution in [0.15, 0.2) is 12.3 Å². The lowest BCUT2D eigenvalue weighted by Crippen LogP contribution is -2.34. The summed E-state index contributed by atoms with van der Waals surface area (Å²) < 4.78 is 25.2. The van der Waals surface area contributed by atoms with Crippen molar-refractivity contribution in [2.45, 2.75) is 45.6 Å². The van der Waals surface area contributed by atoms with E-state index in [-0.39, 0.29) is 24.3 Å². The van der Waals surface area contributed by atoms with Crippen molar-refractivity contribution in [3.8, 4) is 0 Å². The predicted octanol–water partition coefficient (Wildman–Crippen LogP) is 1.68. The average Bonchev–Trinajstić information content (AvgIpc) is 2.97. The van der Waals surface area contributed by atoms with Crippen LogP contribution in [0.1, 0.15) is 44.8 Å². The van der Waals surface area contributed by atoms with Crippen molar-refractivity contribution >= 4 is 15.8 Å². The first-order valence-electron chi connectivity index (χ1n) is 7.30. The maximum absolute atomic E-state index is 11.7. The highest BCUT2D eigenvalue weighted by molar-refractivity contribution is 7.91. The summed E-state index contributed by atoms with van der Waals surface area (Å²) in [7, 11) is -3.25. The molecular formula is C14H22N2O4S. The topological polar surface area (TPSA) is 89.3 Å². The van der Waals surface area contributed by atoms with Gasteiger partial charge in [0.2, 0.25) is 0 Å². The molecule has 0 aliphatic carbocycles. The monoisotopic (exact) mass is 314 g/mol. The normalized spacial score (nSPS) is 24.5. The summed E-state index contributed by atoms with van der Waals surface area (Å²) in [5.74, 6) is -1.37. The summed E-state index contributed by atoms with van der Waals surface area (Å²) in [6.45, 7) is 4.16.